The molecular weight excluding hydrogens is 1150 g/mol. The van der Waals surface area contributed by atoms with Crippen molar-refractivity contribution in [1.82, 2.24) is 9.78 Å². The molecule has 81 heavy (non-hydrogen) atoms. The summed E-state index contributed by atoms with van der Waals surface area (Å²) in [4.78, 5) is 10.9. The van der Waals surface area contributed by atoms with Crippen molar-refractivity contribution < 1.29 is 81.8 Å². The second kappa shape index (κ2) is 22.8. The minimum absolute atomic E-state index is 0.00352. The van der Waals surface area contributed by atoms with Crippen LogP contribution in [-0.4, -0.2) is 109 Å². The van der Waals surface area contributed by atoms with E-state index in [1.54, 1.807) is 0 Å². The second-order valence-electron chi connectivity index (χ2n) is 17.2. The number of nitrogens with zero attached hydrogens (tertiary/aromatic N) is 9. The lowest BCUT2D eigenvalue weighted by molar-refractivity contribution is 0.198. The average Bonchev–Trinajstić information content (AvgIpc) is 3.80. The lowest BCUT2D eigenvalue weighted by Crippen LogP contribution is -2.14. The van der Waals surface area contributed by atoms with Gasteiger partial charge in [-0.25, -0.2) is 4.68 Å². The van der Waals surface area contributed by atoms with Crippen LogP contribution >= 0.6 is 0 Å². The summed E-state index contributed by atoms with van der Waals surface area (Å²) in [6.07, 6.45) is 0. The highest BCUT2D eigenvalue weighted by molar-refractivity contribution is 7.86. The number of aryl methyl sites for hydroxylation is 3. The van der Waals surface area contributed by atoms with Crippen LogP contribution in [0.15, 0.2) is 162 Å². The highest BCUT2D eigenvalue weighted by atomic mass is 32.2. The van der Waals surface area contributed by atoms with E-state index in [4.69, 9.17) is 9.47 Å². The smallest absolute Gasteiger partial charge is 0.299 e. The number of azo groups is 4. The van der Waals surface area contributed by atoms with Crippen LogP contribution in [0.3, 0.4) is 0 Å². The summed E-state index contributed by atoms with van der Waals surface area (Å²) >= 11 is 0. The van der Waals surface area contributed by atoms with E-state index in [9.17, 15) is 77.1 Å². The molecule has 0 saturated heterocycles. The molecule has 33 heteroatoms. The van der Waals surface area contributed by atoms with Crippen LogP contribution in [-0.2, 0) is 40.5 Å². The Bertz CT molecular complexity index is 4550. The van der Waals surface area contributed by atoms with E-state index in [2.05, 4.69) is 46.0 Å². The third-order valence-electron chi connectivity index (χ3n) is 11.6. The molecule has 8 aromatic rings. The van der Waals surface area contributed by atoms with Gasteiger partial charge in [-0.2, -0.15) is 43.9 Å². The first kappa shape index (κ1) is 58.4. The third-order valence-corrected chi connectivity index (χ3v) is 15.3. The van der Waals surface area contributed by atoms with Crippen molar-refractivity contribution in [3.63, 3.8) is 0 Å². The maximum Gasteiger partial charge on any atom is 0.299 e. The minimum atomic E-state index is -5.20. The second-order valence-corrected chi connectivity index (χ2v) is 22.7. The van der Waals surface area contributed by atoms with Crippen molar-refractivity contribution >= 4 is 108 Å². The molecule has 0 aliphatic carbocycles. The SMILES string of the molecule is Cc1cc(S(=O)(=O)O)c(C)cc1N=Nc1cc(OCCO)c(N=Nc2c(S(=O)(=O)O)cc3cc(N=Nc4c(C)[nH]n(-c5ccc6c(O)c(N=Nc7ccccc7S(=O)(=O)O)c(S(=O)(=O)O)cc6c5)c4=O)ccc3c2O)cc1OCCO. The van der Waals surface area contributed by atoms with Gasteiger partial charge in [-0.05, 0) is 115 Å². The molecule has 29 nitrogen and oxygen atoms in total. The number of nitrogens with one attached hydrogen (secondary N) is 1. The number of H-pyrrole nitrogens is 1. The molecule has 422 valence electrons. The first-order valence-corrected chi connectivity index (χ1v) is 28.7. The Balaban J connectivity index is 1.11. The normalized spacial score (nSPS) is 12.8. The van der Waals surface area contributed by atoms with E-state index in [1.165, 1.54) is 93.6 Å². The van der Waals surface area contributed by atoms with Crippen molar-refractivity contribution in [3.05, 3.63) is 124 Å². The van der Waals surface area contributed by atoms with Gasteiger partial charge in [-0.1, -0.05) is 12.1 Å². The molecular formula is C48H42N10O19S4. The molecule has 0 aliphatic rings. The van der Waals surface area contributed by atoms with Gasteiger partial charge in [0.2, 0.25) is 0 Å². The number of rotatable bonds is 19. The van der Waals surface area contributed by atoms with Crippen molar-refractivity contribution in [3.8, 4) is 28.7 Å². The van der Waals surface area contributed by atoms with E-state index in [0.717, 1.165) is 28.9 Å². The van der Waals surface area contributed by atoms with E-state index in [0.29, 0.717) is 5.56 Å². The van der Waals surface area contributed by atoms with Gasteiger partial charge in [0.25, 0.3) is 46.0 Å². The minimum Gasteiger partial charge on any atom is -0.505 e. The van der Waals surface area contributed by atoms with E-state index in [1.807, 2.05) is 0 Å². The number of fused-ring (bicyclic) bond motifs is 2. The van der Waals surface area contributed by atoms with Crippen molar-refractivity contribution in [1.29, 1.82) is 0 Å². The maximum atomic E-state index is 13.8. The summed E-state index contributed by atoms with van der Waals surface area (Å²) in [6, 6.07) is 19.4. The summed E-state index contributed by atoms with van der Waals surface area (Å²) < 4.78 is 150. The highest BCUT2D eigenvalue weighted by Gasteiger charge is 2.26. The number of aromatic nitrogens is 2. The molecule has 9 N–H and O–H groups in total. The lowest BCUT2D eigenvalue weighted by Gasteiger charge is -2.13. The maximum absolute atomic E-state index is 13.8. The highest BCUT2D eigenvalue weighted by Crippen LogP contribution is 2.46. The monoisotopic (exact) mass is 1190 g/mol. The number of phenols is 2. The molecule has 7 aromatic carbocycles. The number of aromatic amines is 1. The van der Waals surface area contributed by atoms with Crippen LogP contribution in [0.4, 0.5) is 45.5 Å². The molecule has 0 fully saturated rings. The fourth-order valence-corrected chi connectivity index (χ4v) is 10.6. The summed E-state index contributed by atoms with van der Waals surface area (Å²) in [5, 5.41) is 76.5. The van der Waals surface area contributed by atoms with Gasteiger partial charge in [0.1, 0.15) is 67.8 Å². The number of hydrogen-bond acceptors (Lipinski definition) is 23. The zero-order valence-electron chi connectivity index (χ0n) is 41.8. The fraction of sp³-hybridized carbons (Fsp3) is 0.146. The zero-order chi connectivity index (χ0) is 58.9. The molecule has 8 rings (SSSR count). The topological polar surface area (TPSA) is 454 Å². The third kappa shape index (κ3) is 12.7. The summed E-state index contributed by atoms with van der Waals surface area (Å²) in [5.41, 5.74) is -2.40. The van der Waals surface area contributed by atoms with Crippen LogP contribution in [0, 0.1) is 20.8 Å². The van der Waals surface area contributed by atoms with Crippen LogP contribution < -0.4 is 15.0 Å². The summed E-state index contributed by atoms with van der Waals surface area (Å²) in [6.45, 7) is 2.85. The Morgan fingerprint density at radius 1 is 0.481 bits per heavy atom. The molecule has 0 atom stereocenters. The van der Waals surface area contributed by atoms with Gasteiger partial charge in [-0.3, -0.25) is 28.1 Å². The van der Waals surface area contributed by atoms with E-state index in [-0.39, 0.29) is 96.5 Å². The quantitative estimate of drug-likeness (QED) is 0.0269. The number of phenolic OH excluding ortho intramolecular Hbond substituents is 2. The Kier molecular flexibility index (Phi) is 16.4. The number of hydrogen-bond donors (Lipinski definition) is 9. The zero-order valence-corrected chi connectivity index (χ0v) is 45.1. The first-order valence-electron chi connectivity index (χ1n) is 22.9. The molecule has 1 aromatic heterocycles. The number of benzene rings is 7. The van der Waals surface area contributed by atoms with Crippen molar-refractivity contribution in [2.45, 2.75) is 40.4 Å². The fourth-order valence-electron chi connectivity index (χ4n) is 7.88. The van der Waals surface area contributed by atoms with Crippen LogP contribution in [0.25, 0.3) is 27.2 Å². The van der Waals surface area contributed by atoms with Gasteiger partial charge in [0, 0.05) is 22.9 Å². The summed E-state index contributed by atoms with van der Waals surface area (Å²) in [5.74, 6) is -1.85. The van der Waals surface area contributed by atoms with Gasteiger partial charge in [0.15, 0.2) is 17.2 Å². The molecule has 0 radical (unpaired) electrons. The molecule has 0 unspecified atom stereocenters. The predicted molar refractivity (Wildman–Crippen MR) is 286 cm³/mol. The summed E-state index contributed by atoms with van der Waals surface area (Å²) in [7, 11) is -19.7. The largest absolute Gasteiger partial charge is 0.505 e. The van der Waals surface area contributed by atoms with Crippen LogP contribution in [0.5, 0.6) is 23.0 Å². The Labute approximate surface area is 457 Å². The molecule has 0 bridgehead atoms. The Morgan fingerprint density at radius 3 is 1.51 bits per heavy atom. The van der Waals surface area contributed by atoms with E-state index >= 15 is 0 Å². The molecule has 1 heterocycles. The lowest BCUT2D eigenvalue weighted by atomic mass is 10.1. The van der Waals surface area contributed by atoms with Crippen LogP contribution in [0.1, 0.15) is 16.8 Å². The number of ether oxygens (including phenoxy) is 2. The van der Waals surface area contributed by atoms with Crippen molar-refractivity contribution in [2.24, 2.45) is 40.9 Å². The van der Waals surface area contributed by atoms with E-state index < -0.39 is 102 Å². The van der Waals surface area contributed by atoms with Gasteiger partial charge in [-0.15, -0.1) is 30.7 Å². The Morgan fingerprint density at radius 2 is 0.963 bits per heavy atom. The standard InChI is InChI=1S/C48H42N10O19S4/c1-24-17-40(79(67,68)69)25(2)16-34(24)51-52-35-22-38(77-15-13-60)36(23-37(35)76-14-12-59)53-56-45-41(80(70,71)72)20-27-18-29(8-10-31(27)46(45)61)49-54-43-26(3)57-58(48(43)63)30-9-11-32-28(19-30)21-42(81(73,74)75)44(47(32)62)55-50-33-6-4-5-7-39(33)78(64,65)66/h4-11,16-23,57,59-62H,12-15H2,1-3H3,(H,64,65,66)(H,67,68,69)(H,70,71,72)(H,73,74,75). The van der Waals surface area contributed by atoms with Gasteiger partial charge >= 0.3 is 0 Å². The number of aliphatic hydroxyl groups excluding tert-OH is 2. The average molecular weight is 1190 g/mol. The molecule has 0 saturated carbocycles. The van der Waals surface area contributed by atoms with Crippen LogP contribution in [0.2, 0.25) is 0 Å². The van der Waals surface area contributed by atoms with Crippen molar-refractivity contribution in [2.75, 3.05) is 26.4 Å². The molecule has 0 amide bonds. The predicted octanol–water partition coefficient (Wildman–Crippen LogP) is 9.20. The van der Waals surface area contributed by atoms with Gasteiger partial charge < -0.3 is 29.9 Å². The number of aromatic hydroxyl groups is 2. The number of aliphatic hydroxyl groups is 2. The molecule has 0 spiro atoms. The van der Waals surface area contributed by atoms with Gasteiger partial charge in [0.05, 0.1) is 40.9 Å². The molecule has 0 aliphatic heterocycles. The Hall–Kier alpha value is -8.77. The first-order chi connectivity index (χ1) is 38.1.